The van der Waals surface area contributed by atoms with E-state index in [0.29, 0.717) is 12.2 Å². The maximum atomic E-state index is 12.1. The molecule has 0 aliphatic heterocycles. The lowest BCUT2D eigenvalue weighted by Gasteiger charge is -2.08. The summed E-state index contributed by atoms with van der Waals surface area (Å²) in [6.07, 6.45) is 0. The molecular formula is C16H17NO3. The van der Waals surface area contributed by atoms with Gasteiger partial charge in [-0.25, -0.2) is 0 Å². The van der Waals surface area contributed by atoms with Gasteiger partial charge in [0.1, 0.15) is 5.75 Å². The number of benzene rings is 2. The van der Waals surface area contributed by atoms with Gasteiger partial charge in [-0.3, -0.25) is 4.79 Å². The van der Waals surface area contributed by atoms with Gasteiger partial charge in [-0.05, 0) is 42.0 Å². The van der Waals surface area contributed by atoms with Crippen LogP contribution in [0.15, 0.2) is 48.5 Å². The van der Waals surface area contributed by atoms with E-state index in [4.69, 9.17) is 9.47 Å². The van der Waals surface area contributed by atoms with Crippen LogP contribution < -0.4 is 10.1 Å². The molecule has 0 unspecified atom stereocenters. The van der Waals surface area contributed by atoms with Crippen molar-refractivity contribution in [1.29, 1.82) is 0 Å². The smallest absolute Gasteiger partial charge is 0.255 e. The number of nitrogens with one attached hydrogen (secondary N) is 1. The van der Waals surface area contributed by atoms with Gasteiger partial charge in [-0.15, -0.1) is 0 Å². The highest BCUT2D eigenvalue weighted by molar-refractivity contribution is 6.04. The van der Waals surface area contributed by atoms with Crippen LogP contribution in [0.4, 0.5) is 5.69 Å². The SMILES string of the molecule is COCc1cccc(NC(=O)c2ccc(OC)cc2)c1. The summed E-state index contributed by atoms with van der Waals surface area (Å²) < 4.78 is 10.1. The first-order valence-electron chi connectivity index (χ1n) is 6.26. The normalized spacial score (nSPS) is 10.1. The standard InChI is InChI=1S/C16H17NO3/c1-19-11-12-4-3-5-14(10-12)17-16(18)13-6-8-15(20-2)9-7-13/h3-10H,11H2,1-2H3,(H,17,18). The lowest BCUT2D eigenvalue weighted by molar-refractivity contribution is 0.102. The minimum absolute atomic E-state index is 0.151. The molecule has 2 rings (SSSR count). The third kappa shape index (κ3) is 3.59. The highest BCUT2D eigenvalue weighted by Gasteiger charge is 2.06. The minimum Gasteiger partial charge on any atom is -0.497 e. The quantitative estimate of drug-likeness (QED) is 0.909. The molecule has 0 radical (unpaired) electrons. The fourth-order valence-electron chi connectivity index (χ4n) is 1.85. The van der Waals surface area contributed by atoms with E-state index in [2.05, 4.69) is 5.32 Å². The lowest BCUT2D eigenvalue weighted by Crippen LogP contribution is -2.11. The van der Waals surface area contributed by atoms with Gasteiger partial charge in [-0.1, -0.05) is 12.1 Å². The summed E-state index contributed by atoms with van der Waals surface area (Å²) in [5, 5.41) is 2.86. The van der Waals surface area contributed by atoms with Gasteiger partial charge in [0, 0.05) is 18.4 Å². The Morgan fingerprint density at radius 1 is 1.10 bits per heavy atom. The van der Waals surface area contributed by atoms with E-state index in [1.807, 2.05) is 24.3 Å². The zero-order valence-electron chi connectivity index (χ0n) is 11.6. The minimum atomic E-state index is -0.151. The second-order valence-corrected chi connectivity index (χ2v) is 4.32. The van der Waals surface area contributed by atoms with Crippen LogP contribution in [0.25, 0.3) is 0 Å². The van der Waals surface area contributed by atoms with E-state index in [1.54, 1.807) is 38.5 Å². The van der Waals surface area contributed by atoms with Gasteiger partial charge in [0.15, 0.2) is 0 Å². The van der Waals surface area contributed by atoms with Gasteiger partial charge in [-0.2, -0.15) is 0 Å². The number of carbonyl (C=O) groups is 1. The number of hydrogen-bond donors (Lipinski definition) is 1. The molecule has 1 N–H and O–H groups in total. The average molecular weight is 271 g/mol. The van der Waals surface area contributed by atoms with E-state index in [-0.39, 0.29) is 5.91 Å². The van der Waals surface area contributed by atoms with Crippen LogP contribution >= 0.6 is 0 Å². The third-order valence-corrected chi connectivity index (χ3v) is 2.85. The van der Waals surface area contributed by atoms with Crippen molar-refractivity contribution >= 4 is 11.6 Å². The summed E-state index contributed by atoms with van der Waals surface area (Å²) in [4.78, 5) is 12.1. The maximum absolute atomic E-state index is 12.1. The second-order valence-electron chi connectivity index (χ2n) is 4.32. The molecule has 0 aliphatic rings. The summed E-state index contributed by atoms with van der Waals surface area (Å²) in [6, 6.07) is 14.6. The Balaban J connectivity index is 2.08. The first-order valence-corrected chi connectivity index (χ1v) is 6.26. The topological polar surface area (TPSA) is 47.6 Å². The molecule has 2 aromatic carbocycles. The Morgan fingerprint density at radius 3 is 2.50 bits per heavy atom. The molecule has 0 spiro atoms. The van der Waals surface area contributed by atoms with Gasteiger partial charge in [0.25, 0.3) is 5.91 Å². The van der Waals surface area contributed by atoms with Crippen LogP contribution in [-0.2, 0) is 11.3 Å². The van der Waals surface area contributed by atoms with E-state index < -0.39 is 0 Å². The number of rotatable bonds is 5. The summed E-state index contributed by atoms with van der Waals surface area (Å²) in [7, 11) is 3.24. The van der Waals surface area contributed by atoms with Crippen molar-refractivity contribution in [3.05, 3.63) is 59.7 Å². The number of anilines is 1. The van der Waals surface area contributed by atoms with Crippen LogP contribution in [0.2, 0.25) is 0 Å². The Morgan fingerprint density at radius 2 is 1.85 bits per heavy atom. The van der Waals surface area contributed by atoms with Crippen molar-refractivity contribution < 1.29 is 14.3 Å². The van der Waals surface area contributed by atoms with Crippen molar-refractivity contribution in [3.63, 3.8) is 0 Å². The van der Waals surface area contributed by atoms with E-state index in [1.165, 1.54) is 0 Å². The summed E-state index contributed by atoms with van der Waals surface area (Å²) >= 11 is 0. The molecule has 104 valence electrons. The first kappa shape index (κ1) is 14.1. The van der Waals surface area contributed by atoms with E-state index >= 15 is 0 Å². The molecule has 0 bridgehead atoms. The van der Waals surface area contributed by atoms with Crippen LogP contribution in [-0.4, -0.2) is 20.1 Å². The fraction of sp³-hybridized carbons (Fsp3) is 0.188. The van der Waals surface area contributed by atoms with Crippen LogP contribution in [0.1, 0.15) is 15.9 Å². The zero-order valence-corrected chi connectivity index (χ0v) is 11.6. The number of ether oxygens (including phenoxy) is 2. The number of hydrogen-bond acceptors (Lipinski definition) is 3. The Labute approximate surface area is 118 Å². The fourth-order valence-corrected chi connectivity index (χ4v) is 1.85. The molecular weight excluding hydrogens is 254 g/mol. The molecule has 1 amide bonds. The molecule has 20 heavy (non-hydrogen) atoms. The van der Waals surface area contributed by atoms with Gasteiger partial charge in [0.05, 0.1) is 13.7 Å². The monoisotopic (exact) mass is 271 g/mol. The maximum Gasteiger partial charge on any atom is 0.255 e. The van der Waals surface area contributed by atoms with Crippen molar-refractivity contribution in [2.75, 3.05) is 19.5 Å². The Hall–Kier alpha value is -2.33. The molecule has 0 saturated carbocycles. The molecule has 0 saturated heterocycles. The number of carbonyl (C=O) groups excluding carboxylic acids is 1. The molecule has 0 fully saturated rings. The number of methoxy groups -OCH3 is 2. The van der Waals surface area contributed by atoms with Gasteiger partial charge < -0.3 is 14.8 Å². The average Bonchev–Trinajstić information content (AvgIpc) is 2.48. The summed E-state index contributed by atoms with van der Waals surface area (Å²) in [6.45, 7) is 0.520. The van der Waals surface area contributed by atoms with E-state index in [9.17, 15) is 4.79 Å². The zero-order chi connectivity index (χ0) is 14.4. The largest absolute Gasteiger partial charge is 0.497 e. The highest BCUT2D eigenvalue weighted by Crippen LogP contribution is 2.15. The van der Waals surface area contributed by atoms with Crippen LogP contribution in [0.5, 0.6) is 5.75 Å². The molecule has 0 aromatic heterocycles. The van der Waals surface area contributed by atoms with Crippen LogP contribution in [0.3, 0.4) is 0 Å². The highest BCUT2D eigenvalue weighted by atomic mass is 16.5. The van der Waals surface area contributed by atoms with Crippen molar-refractivity contribution in [2.24, 2.45) is 0 Å². The van der Waals surface area contributed by atoms with Crippen molar-refractivity contribution in [3.8, 4) is 5.75 Å². The molecule has 2 aromatic rings. The van der Waals surface area contributed by atoms with Gasteiger partial charge >= 0.3 is 0 Å². The Bertz CT molecular complexity index is 579. The molecule has 4 heteroatoms. The van der Waals surface area contributed by atoms with Crippen molar-refractivity contribution in [1.82, 2.24) is 0 Å². The number of amides is 1. The summed E-state index contributed by atoms with van der Waals surface area (Å²) in [5.41, 5.74) is 2.35. The molecule has 4 nitrogen and oxygen atoms in total. The third-order valence-electron chi connectivity index (χ3n) is 2.85. The molecule has 0 atom stereocenters. The lowest BCUT2D eigenvalue weighted by atomic mass is 10.1. The van der Waals surface area contributed by atoms with E-state index in [0.717, 1.165) is 17.0 Å². The van der Waals surface area contributed by atoms with Crippen LogP contribution in [0, 0.1) is 0 Å². The van der Waals surface area contributed by atoms with Crippen molar-refractivity contribution in [2.45, 2.75) is 6.61 Å². The first-order chi connectivity index (χ1) is 9.72. The predicted octanol–water partition coefficient (Wildman–Crippen LogP) is 3.09. The predicted molar refractivity (Wildman–Crippen MR) is 78.1 cm³/mol. The second kappa shape index (κ2) is 6.73. The Kier molecular flexibility index (Phi) is 4.74. The molecule has 0 heterocycles. The summed E-state index contributed by atoms with van der Waals surface area (Å²) in [5.74, 6) is 0.575. The van der Waals surface area contributed by atoms with Gasteiger partial charge in [0.2, 0.25) is 0 Å². The molecule has 0 aliphatic carbocycles.